The number of carbonyl (C=O) groups excluding carboxylic acids is 1. The van der Waals surface area contributed by atoms with E-state index in [0.717, 1.165) is 36.3 Å². The SMILES string of the molecule is CCCOc1ccc([C]2OC(=O)C(c3ccc4c(c3)NSN4CCc3cccc4ccccc34)=C2Cc2cc(OC)c(OC)c(OC)c2)cc1F. The Morgan fingerprint density at radius 3 is 2.35 bits per heavy atom. The molecule has 0 bridgehead atoms. The van der Waals surface area contributed by atoms with E-state index in [1.54, 1.807) is 33.5 Å². The van der Waals surface area contributed by atoms with Crippen molar-refractivity contribution in [3.63, 3.8) is 0 Å². The Bertz CT molecular complexity index is 2110. The number of rotatable bonds is 13. The molecule has 0 spiro atoms. The minimum Gasteiger partial charge on any atom is -0.493 e. The number of ether oxygens (including phenoxy) is 5. The second-order valence-electron chi connectivity index (χ2n) is 12.2. The zero-order chi connectivity index (χ0) is 35.5. The minimum atomic E-state index is -0.535. The fraction of sp³-hybridized carbons (Fsp3) is 0.220. The fourth-order valence-electron chi connectivity index (χ4n) is 6.59. The highest BCUT2D eigenvalue weighted by Crippen LogP contribution is 2.47. The van der Waals surface area contributed by atoms with E-state index in [9.17, 15) is 4.79 Å². The summed E-state index contributed by atoms with van der Waals surface area (Å²) in [5.74, 6) is 0.508. The van der Waals surface area contributed by atoms with Crippen LogP contribution in [0.1, 0.15) is 35.6 Å². The summed E-state index contributed by atoms with van der Waals surface area (Å²) in [5.41, 5.74) is 6.10. The van der Waals surface area contributed by atoms with Crippen LogP contribution in [0.5, 0.6) is 23.0 Å². The third-order valence-electron chi connectivity index (χ3n) is 9.02. The predicted molar refractivity (Wildman–Crippen MR) is 200 cm³/mol. The lowest BCUT2D eigenvalue weighted by molar-refractivity contribution is -0.133. The van der Waals surface area contributed by atoms with E-state index < -0.39 is 11.8 Å². The molecule has 5 aromatic rings. The lowest BCUT2D eigenvalue weighted by Gasteiger charge is -2.18. The van der Waals surface area contributed by atoms with E-state index in [1.165, 1.54) is 34.5 Å². The molecule has 261 valence electrons. The molecule has 7 rings (SSSR count). The Hall–Kier alpha value is -5.35. The molecular weight excluding hydrogens is 668 g/mol. The van der Waals surface area contributed by atoms with Gasteiger partial charge in [-0.1, -0.05) is 61.5 Å². The molecule has 8 nitrogen and oxygen atoms in total. The molecule has 0 atom stereocenters. The average Bonchev–Trinajstić information content (AvgIpc) is 3.72. The molecular formula is C41H38FN2O6S. The number of hydrogen-bond acceptors (Lipinski definition) is 9. The van der Waals surface area contributed by atoms with Crippen molar-refractivity contribution in [2.75, 3.05) is 43.5 Å². The van der Waals surface area contributed by atoms with Crippen LogP contribution in [0.15, 0.2) is 96.6 Å². The molecule has 10 heteroatoms. The molecule has 1 N–H and O–H groups in total. The summed E-state index contributed by atoms with van der Waals surface area (Å²) in [5, 5.41) is 2.49. The summed E-state index contributed by atoms with van der Waals surface area (Å²) in [6, 6.07) is 29.1. The normalized spacial score (nSPS) is 14.1. The monoisotopic (exact) mass is 705 g/mol. The first-order chi connectivity index (χ1) is 24.9. The van der Waals surface area contributed by atoms with Crippen molar-refractivity contribution in [2.45, 2.75) is 26.2 Å². The van der Waals surface area contributed by atoms with Crippen LogP contribution in [0.2, 0.25) is 0 Å². The number of cyclic esters (lactones) is 1. The second kappa shape index (κ2) is 14.9. The molecule has 0 amide bonds. The Kier molecular flexibility index (Phi) is 9.94. The highest BCUT2D eigenvalue weighted by Gasteiger charge is 2.38. The maximum atomic E-state index is 15.3. The minimum absolute atomic E-state index is 0.146. The molecule has 0 unspecified atom stereocenters. The number of anilines is 2. The summed E-state index contributed by atoms with van der Waals surface area (Å²) in [6.45, 7) is 3.14. The molecule has 51 heavy (non-hydrogen) atoms. The van der Waals surface area contributed by atoms with Gasteiger partial charge in [-0.25, -0.2) is 9.18 Å². The van der Waals surface area contributed by atoms with Gasteiger partial charge in [0.05, 0.1) is 57.0 Å². The highest BCUT2D eigenvalue weighted by molar-refractivity contribution is 8.02. The number of benzene rings is 5. The Labute approximate surface area is 301 Å². The second-order valence-corrected chi connectivity index (χ2v) is 13.0. The van der Waals surface area contributed by atoms with Gasteiger partial charge in [-0.3, -0.25) is 4.31 Å². The van der Waals surface area contributed by atoms with Gasteiger partial charge in [-0.15, -0.1) is 0 Å². The number of fused-ring (bicyclic) bond motifs is 2. The quantitative estimate of drug-likeness (QED) is 0.0954. The molecule has 0 saturated heterocycles. The Morgan fingerprint density at radius 1 is 0.843 bits per heavy atom. The van der Waals surface area contributed by atoms with Crippen LogP contribution in [0.3, 0.4) is 0 Å². The first-order valence-corrected chi connectivity index (χ1v) is 17.6. The van der Waals surface area contributed by atoms with Crippen LogP contribution in [0.4, 0.5) is 15.8 Å². The van der Waals surface area contributed by atoms with Crippen LogP contribution in [-0.4, -0.2) is 40.5 Å². The number of hydrogen-bond donors (Lipinski definition) is 1. The van der Waals surface area contributed by atoms with Crippen molar-refractivity contribution < 1.29 is 32.9 Å². The van der Waals surface area contributed by atoms with E-state index in [0.29, 0.717) is 46.1 Å². The van der Waals surface area contributed by atoms with Crippen LogP contribution in [0.25, 0.3) is 16.3 Å². The summed E-state index contributed by atoms with van der Waals surface area (Å²) >= 11 is 1.52. The van der Waals surface area contributed by atoms with E-state index in [4.69, 9.17) is 23.7 Å². The number of halogens is 1. The summed E-state index contributed by atoms with van der Waals surface area (Å²) in [6.07, 6.45) is 2.16. The van der Waals surface area contributed by atoms with Gasteiger partial charge in [0.1, 0.15) is 0 Å². The van der Waals surface area contributed by atoms with Gasteiger partial charge in [0.15, 0.2) is 23.1 Å². The molecule has 0 fully saturated rings. The van der Waals surface area contributed by atoms with Crippen molar-refractivity contribution in [3.05, 3.63) is 131 Å². The van der Waals surface area contributed by atoms with Crippen molar-refractivity contribution in [1.29, 1.82) is 0 Å². The van der Waals surface area contributed by atoms with Gasteiger partial charge in [-0.2, -0.15) is 0 Å². The highest BCUT2D eigenvalue weighted by atomic mass is 32.2. The van der Waals surface area contributed by atoms with Crippen LogP contribution >= 0.6 is 12.1 Å². The molecule has 0 aromatic heterocycles. The van der Waals surface area contributed by atoms with Crippen molar-refractivity contribution in [1.82, 2.24) is 0 Å². The number of nitrogens with zero attached hydrogens (tertiary/aromatic N) is 1. The average molecular weight is 706 g/mol. The zero-order valence-electron chi connectivity index (χ0n) is 28.9. The maximum absolute atomic E-state index is 15.3. The molecule has 0 aliphatic carbocycles. The van der Waals surface area contributed by atoms with Gasteiger partial charge < -0.3 is 28.4 Å². The Balaban J connectivity index is 1.24. The van der Waals surface area contributed by atoms with Crippen molar-refractivity contribution in [2.24, 2.45) is 0 Å². The maximum Gasteiger partial charge on any atom is 0.340 e. The lowest BCUT2D eigenvalue weighted by Crippen LogP contribution is -2.15. The van der Waals surface area contributed by atoms with E-state index in [2.05, 4.69) is 51.5 Å². The van der Waals surface area contributed by atoms with Gasteiger partial charge in [0, 0.05) is 17.7 Å². The molecule has 5 aromatic carbocycles. The topological polar surface area (TPSA) is 78.5 Å². The van der Waals surface area contributed by atoms with E-state index >= 15 is 4.39 Å². The molecule has 1 radical (unpaired) electrons. The smallest absolute Gasteiger partial charge is 0.340 e. The fourth-order valence-corrected chi connectivity index (χ4v) is 7.40. The standard InChI is InChI=1S/C41H38FN2O6S/c1-5-19-49-35-16-14-29(23-32(35)42)39-31(20-25-21-36(46-2)40(48-4)37(22-25)47-3)38(41(45)50-39)28-13-15-34-33(24-28)43-51-44(34)18-17-27-11-8-10-26-9-6-7-12-30(26)27/h6-16,21-24,43H,5,17-20H2,1-4H3. The largest absolute Gasteiger partial charge is 0.493 e. The molecule has 2 aliphatic heterocycles. The summed E-state index contributed by atoms with van der Waals surface area (Å²) in [7, 11) is 4.65. The van der Waals surface area contributed by atoms with Crippen LogP contribution < -0.4 is 28.0 Å². The zero-order valence-corrected chi connectivity index (χ0v) is 29.7. The third-order valence-corrected chi connectivity index (χ3v) is 9.93. The van der Waals surface area contributed by atoms with Crippen LogP contribution in [-0.2, 0) is 22.4 Å². The van der Waals surface area contributed by atoms with Gasteiger partial charge in [0.25, 0.3) is 0 Å². The molecule has 0 saturated carbocycles. The number of esters is 1. The first-order valence-electron chi connectivity index (χ1n) is 16.8. The summed E-state index contributed by atoms with van der Waals surface area (Å²) in [4.78, 5) is 13.8. The van der Waals surface area contributed by atoms with Gasteiger partial charge >= 0.3 is 5.97 Å². The van der Waals surface area contributed by atoms with Crippen LogP contribution in [0, 0.1) is 11.9 Å². The molecule has 2 aliphatic rings. The number of nitrogens with one attached hydrogen (secondary N) is 1. The van der Waals surface area contributed by atoms with Crippen molar-refractivity contribution in [3.8, 4) is 23.0 Å². The number of methoxy groups -OCH3 is 3. The predicted octanol–water partition coefficient (Wildman–Crippen LogP) is 8.96. The Morgan fingerprint density at radius 2 is 1.61 bits per heavy atom. The van der Waals surface area contributed by atoms with E-state index in [1.807, 2.05) is 37.3 Å². The molecule has 2 heterocycles. The lowest BCUT2D eigenvalue weighted by atomic mass is 9.90. The van der Waals surface area contributed by atoms with Gasteiger partial charge in [0.2, 0.25) is 11.9 Å². The van der Waals surface area contributed by atoms with E-state index in [-0.39, 0.29) is 18.3 Å². The van der Waals surface area contributed by atoms with Crippen molar-refractivity contribution >= 4 is 45.8 Å². The first kappa shape index (κ1) is 34.1. The third kappa shape index (κ3) is 6.76. The van der Waals surface area contributed by atoms with Gasteiger partial charge in [-0.05, 0) is 83.1 Å². The summed E-state index contributed by atoms with van der Waals surface area (Å²) < 4.78 is 49.2. The number of carbonyl (C=O) groups is 1.